The van der Waals surface area contributed by atoms with Gasteiger partial charge in [-0.2, -0.15) is 0 Å². The van der Waals surface area contributed by atoms with Crippen LogP contribution in [0.4, 0.5) is 0 Å². The predicted molar refractivity (Wildman–Crippen MR) is 100 cm³/mol. The third kappa shape index (κ3) is 3.99. The van der Waals surface area contributed by atoms with Gasteiger partial charge in [0.2, 0.25) is 10.0 Å². The Bertz CT molecular complexity index is 853. The normalized spacial score (nSPS) is 16.2. The van der Waals surface area contributed by atoms with E-state index < -0.39 is 10.0 Å². The highest BCUT2D eigenvalue weighted by Crippen LogP contribution is 2.24. The van der Waals surface area contributed by atoms with Gasteiger partial charge in [0, 0.05) is 25.3 Å². The third-order valence-electron chi connectivity index (χ3n) is 4.70. The zero-order chi connectivity index (χ0) is 18.7. The number of carbonyl (C=O) groups excluding carboxylic acids is 1. The minimum absolute atomic E-state index is 0.0804. The first-order chi connectivity index (χ1) is 12.4. The van der Waals surface area contributed by atoms with Gasteiger partial charge >= 0.3 is 0 Å². The molecule has 0 saturated carbocycles. The molecule has 1 unspecified atom stereocenters. The second-order valence-electron chi connectivity index (χ2n) is 7.00. The maximum atomic E-state index is 12.8. The van der Waals surface area contributed by atoms with Gasteiger partial charge in [0.25, 0.3) is 5.91 Å². The molecule has 1 fully saturated rings. The molecule has 1 aromatic heterocycles. The Morgan fingerprint density at radius 1 is 1.15 bits per heavy atom. The number of hydrogen-bond donors (Lipinski definition) is 2. The number of nitrogens with one attached hydrogen (secondary N) is 2. The molecule has 3 rings (SSSR count). The van der Waals surface area contributed by atoms with Crippen LogP contribution in [0, 0.1) is 5.92 Å². The van der Waals surface area contributed by atoms with E-state index in [0.29, 0.717) is 5.69 Å². The van der Waals surface area contributed by atoms with Crippen molar-refractivity contribution in [3.05, 3.63) is 53.9 Å². The van der Waals surface area contributed by atoms with E-state index in [-0.39, 0.29) is 22.8 Å². The summed E-state index contributed by atoms with van der Waals surface area (Å²) in [7, 11) is -3.74. The molecule has 6 nitrogen and oxygen atoms in total. The molecular formula is C19H25N3O3S. The van der Waals surface area contributed by atoms with Crippen LogP contribution in [0.1, 0.15) is 48.8 Å². The van der Waals surface area contributed by atoms with Crippen molar-refractivity contribution in [2.75, 3.05) is 13.1 Å². The number of carbonyl (C=O) groups is 1. The van der Waals surface area contributed by atoms with E-state index in [1.54, 1.807) is 4.90 Å². The summed E-state index contributed by atoms with van der Waals surface area (Å²) in [6.07, 6.45) is 3.37. The lowest BCUT2D eigenvalue weighted by Gasteiger charge is -2.22. The van der Waals surface area contributed by atoms with Crippen LogP contribution in [0.5, 0.6) is 0 Å². The lowest BCUT2D eigenvalue weighted by Crippen LogP contribution is -2.31. The van der Waals surface area contributed by atoms with Crippen LogP contribution in [-0.4, -0.2) is 37.3 Å². The second-order valence-corrected chi connectivity index (χ2v) is 8.72. The molecule has 2 heterocycles. The van der Waals surface area contributed by atoms with Gasteiger partial charge in [0.1, 0.15) is 10.6 Å². The largest absolute Gasteiger partial charge is 0.356 e. The van der Waals surface area contributed by atoms with Gasteiger partial charge < -0.3 is 9.88 Å². The van der Waals surface area contributed by atoms with Crippen LogP contribution < -0.4 is 4.72 Å². The van der Waals surface area contributed by atoms with E-state index in [1.165, 1.54) is 12.3 Å². The standard InChI is InChI=1S/C19H25N3O3S/c1-14(2)18(15-8-4-3-5-9-15)21-26(24,25)16-12-17(20-13-16)19(23)22-10-6-7-11-22/h3-5,8-9,12-14,18,20-21H,6-7,10-11H2,1-2H3. The fourth-order valence-electron chi connectivity index (χ4n) is 3.23. The summed E-state index contributed by atoms with van der Waals surface area (Å²) < 4.78 is 28.4. The highest BCUT2D eigenvalue weighted by atomic mass is 32.2. The summed E-state index contributed by atoms with van der Waals surface area (Å²) in [4.78, 5) is 17.1. The van der Waals surface area contributed by atoms with Gasteiger partial charge in [-0.3, -0.25) is 4.79 Å². The summed E-state index contributed by atoms with van der Waals surface area (Å²) in [5, 5.41) is 0. The van der Waals surface area contributed by atoms with Crippen molar-refractivity contribution in [1.29, 1.82) is 0 Å². The van der Waals surface area contributed by atoms with Crippen molar-refractivity contribution in [2.24, 2.45) is 5.92 Å². The molecule has 1 aliphatic rings. The lowest BCUT2D eigenvalue weighted by atomic mass is 9.97. The molecule has 0 bridgehead atoms. The third-order valence-corrected chi connectivity index (χ3v) is 6.12. The Balaban J connectivity index is 1.80. The molecule has 2 aromatic rings. The molecule has 2 N–H and O–H groups in total. The number of hydrogen-bond acceptors (Lipinski definition) is 3. The van der Waals surface area contributed by atoms with Crippen molar-refractivity contribution in [3.8, 4) is 0 Å². The van der Waals surface area contributed by atoms with Gasteiger partial charge in [-0.25, -0.2) is 13.1 Å². The molecule has 26 heavy (non-hydrogen) atoms. The second kappa shape index (κ2) is 7.63. The maximum Gasteiger partial charge on any atom is 0.270 e. The maximum absolute atomic E-state index is 12.8. The number of aromatic amines is 1. The molecule has 1 atom stereocenters. The minimum Gasteiger partial charge on any atom is -0.356 e. The first-order valence-corrected chi connectivity index (χ1v) is 10.4. The first kappa shape index (κ1) is 18.7. The first-order valence-electron chi connectivity index (χ1n) is 8.93. The Morgan fingerprint density at radius 3 is 2.42 bits per heavy atom. The SMILES string of the molecule is CC(C)C(NS(=O)(=O)c1c[nH]c(C(=O)N2CCCC2)c1)c1ccccc1. The van der Waals surface area contributed by atoms with Gasteiger partial charge in [0.05, 0.1) is 0 Å². The van der Waals surface area contributed by atoms with E-state index >= 15 is 0 Å². The molecule has 0 radical (unpaired) electrons. The molecule has 1 amide bonds. The van der Waals surface area contributed by atoms with Crippen molar-refractivity contribution in [3.63, 3.8) is 0 Å². The van der Waals surface area contributed by atoms with Crippen LogP contribution >= 0.6 is 0 Å². The molecule has 1 aromatic carbocycles. The molecule has 7 heteroatoms. The molecule has 0 spiro atoms. The van der Waals surface area contributed by atoms with Crippen LogP contribution in [0.25, 0.3) is 0 Å². The smallest absolute Gasteiger partial charge is 0.270 e. The van der Waals surface area contributed by atoms with Crippen LogP contribution in [-0.2, 0) is 10.0 Å². The van der Waals surface area contributed by atoms with E-state index in [9.17, 15) is 13.2 Å². The van der Waals surface area contributed by atoms with Gasteiger partial charge in [0.15, 0.2) is 0 Å². The number of likely N-dealkylation sites (tertiary alicyclic amines) is 1. The number of sulfonamides is 1. The number of rotatable bonds is 6. The van der Waals surface area contributed by atoms with Gasteiger partial charge in [-0.05, 0) is 30.4 Å². The number of benzene rings is 1. The average Bonchev–Trinajstić information content (AvgIpc) is 3.31. The highest BCUT2D eigenvalue weighted by molar-refractivity contribution is 7.89. The quantitative estimate of drug-likeness (QED) is 0.814. The fraction of sp³-hybridized carbons (Fsp3) is 0.421. The Morgan fingerprint density at radius 2 is 1.81 bits per heavy atom. The van der Waals surface area contributed by atoms with E-state index in [4.69, 9.17) is 0 Å². The Kier molecular flexibility index (Phi) is 5.48. The van der Waals surface area contributed by atoms with Crippen LogP contribution in [0.2, 0.25) is 0 Å². The molecule has 1 aliphatic heterocycles. The highest BCUT2D eigenvalue weighted by Gasteiger charge is 2.27. The Labute approximate surface area is 154 Å². The Hall–Kier alpha value is -2.12. The number of aromatic nitrogens is 1. The van der Waals surface area contributed by atoms with E-state index in [0.717, 1.165) is 31.5 Å². The molecule has 0 aliphatic carbocycles. The van der Waals surface area contributed by atoms with Crippen molar-refractivity contribution in [2.45, 2.75) is 37.6 Å². The van der Waals surface area contributed by atoms with Crippen molar-refractivity contribution in [1.82, 2.24) is 14.6 Å². The predicted octanol–water partition coefficient (Wildman–Crippen LogP) is 2.93. The summed E-state index contributed by atoms with van der Waals surface area (Å²) in [5.74, 6) is -0.0655. The minimum atomic E-state index is -3.74. The topological polar surface area (TPSA) is 82.3 Å². The zero-order valence-electron chi connectivity index (χ0n) is 15.1. The number of amides is 1. The van der Waals surface area contributed by atoms with E-state index in [1.807, 2.05) is 44.2 Å². The van der Waals surface area contributed by atoms with Crippen LogP contribution in [0.3, 0.4) is 0 Å². The summed E-state index contributed by atoms with van der Waals surface area (Å²) >= 11 is 0. The molecule has 1 saturated heterocycles. The van der Waals surface area contributed by atoms with Crippen molar-refractivity contribution < 1.29 is 13.2 Å². The lowest BCUT2D eigenvalue weighted by molar-refractivity contribution is 0.0787. The van der Waals surface area contributed by atoms with Gasteiger partial charge in [-0.15, -0.1) is 0 Å². The number of nitrogens with zero attached hydrogens (tertiary/aromatic N) is 1. The van der Waals surface area contributed by atoms with E-state index in [2.05, 4.69) is 9.71 Å². The average molecular weight is 375 g/mol. The van der Waals surface area contributed by atoms with Gasteiger partial charge in [-0.1, -0.05) is 44.2 Å². The summed E-state index contributed by atoms with van der Waals surface area (Å²) in [6, 6.07) is 10.6. The summed E-state index contributed by atoms with van der Waals surface area (Å²) in [5.41, 5.74) is 1.23. The van der Waals surface area contributed by atoms with Crippen molar-refractivity contribution >= 4 is 15.9 Å². The fourth-order valence-corrected chi connectivity index (χ4v) is 4.59. The summed E-state index contributed by atoms with van der Waals surface area (Å²) in [6.45, 7) is 5.39. The number of H-pyrrole nitrogens is 1. The van der Waals surface area contributed by atoms with Crippen LogP contribution in [0.15, 0.2) is 47.5 Å². The zero-order valence-corrected chi connectivity index (χ0v) is 15.9. The molecule has 140 valence electrons. The molecular weight excluding hydrogens is 350 g/mol. The monoisotopic (exact) mass is 375 g/mol.